The highest BCUT2D eigenvalue weighted by Gasteiger charge is 2.28. The van der Waals surface area contributed by atoms with E-state index in [2.05, 4.69) is 11.8 Å². The first kappa shape index (κ1) is 10.8. The molecule has 0 amide bonds. The highest BCUT2D eigenvalue weighted by molar-refractivity contribution is 7.91. The topological polar surface area (TPSA) is 26.3 Å². The second-order valence-corrected chi connectivity index (χ2v) is 6.49. The second kappa shape index (κ2) is 4.86. The van der Waals surface area contributed by atoms with E-state index in [1.165, 1.54) is 25.7 Å². The van der Waals surface area contributed by atoms with Gasteiger partial charge in [-0.3, -0.25) is 4.90 Å². The maximum Gasteiger partial charge on any atom is 0.118 e. The van der Waals surface area contributed by atoms with Crippen molar-refractivity contribution < 1.29 is 4.55 Å². The zero-order valence-electron chi connectivity index (χ0n) is 9.08. The molecule has 0 aromatic carbocycles. The van der Waals surface area contributed by atoms with Crippen molar-refractivity contribution >= 4 is 11.2 Å². The van der Waals surface area contributed by atoms with Crippen LogP contribution in [0.15, 0.2) is 0 Å². The van der Waals surface area contributed by atoms with Gasteiger partial charge in [0.1, 0.15) is 11.5 Å². The lowest BCUT2D eigenvalue weighted by molar-refractivity contribution is 0.150. The molecule has 1 saturated carbocycles. The van der Waals surface area contributed by atoms with Gasteiger partial charge in [-0.1, -0.05) is 18.1 Å². The van der Waals surface area contributed by atoms with Gasteiger partial charge in [0.15, 0.2) is 0 Å². The molecule has 2 nitrogen and oxygen atoms in total. The molecule has 2 fully saturated rings. The number of nitrogens with zero attached hydrogens (tertiary/aromatic N) is 1. The monoisotopic (exact) mass is 215 g/mol. The average molecular weight is 215 g/mol. The van der Waals surface area contributed by atoms with Crippen LogP contribution in [0, 0.1) is 5.92 Å². The van der Waals surface area contributed by atoms with E-state index < -0.39 is 11.2 Å². The van der Waals surface area contributed by atoms with Gasteiger partial charge in [-0.15, -0.1) is 0 Å². The van der Waals surface area contributed by atoms with E-state index in [1.807, 2.05) is 0 Å². The third-order valence-corrected chi connectivity index (χ3v) is 4.99. The van der Waals surface area contributed by atoms with Crippen LogP contribution in [0.5, 0.6) is 0 Å². The molecule has 1 heterocycles. The average Bonchev–Trinajstić information content (AvgIpc) is 2.21. The summed E-state index contributed by atoms with van der Waals surface area (Å²) in [6, 6.07) is 0.809. The van der Waals surface area contributed by atoms with Gasteiger partial charge < -0.3 is 4.55 Å². The SMILES string of the molecule is C[C@H]1CC[C@@H](N2CC[S+]([O-])CC2)CC1. The Bertz CT molecular complexity index is 152. The highest BCUT2D eigenvalue weighted by Crippen LogP contribution is 2.27. The van der Waals surface area contributed by atoms with Gasteiger partial charge in [0.25, 0.3) is 0 Å². The molecule has 0 spiro atoms. The molecule has 3 heteroatoms. The van der Waals surface area contributed by atoms with Crippen LogP contribution in [0.25, 0.3) is 0 Å². The summed E-state index contributed by atoms with van der Waals surface area (Å²) in [7, 11) is 0. The molecular weight excluding hydrogens is 194 g/mol. The Labute approximate surface area is 90.2 Å². The van der Waals surface area contributed by atoms with Crippen molar-refractivity contribution in [2.75, 3.05) is 24.6 Å². The number of rotatable bonds is 1. The normalized spacial score (nSPS) is 37.3. The van der Waals surface area contributed by atoms with Crippen molar-refractivity contribution in [2.24, 2.45) is 5.92 Å². The second-order valence-electron chi connectivity index (χ2n) is 4.80. The van der Waals surface area contributed by atoms with Gasteiger partial charge in [-0.05, 0) is 31.6 Å². The van der Waals surface area contributed by atoms with Gasteiger partial charge in [0.2, 0.25) is 0 Å². The number of hydrogen-bond donors (Lipinski definition) is 0. The third kappa shape index (κ3) is 2.65. The molecule has 0 unspecified atom stereocenters. The quantitative estimate of drug-likeness (QED) is 0.621. The molecule has 0 N–H and O–H groups in total. The first-order chi connectivity index (χ1) is 6.75. The molecule has 0 atom stereocenters. The molecule has 14 heavy (non-hydrogen) atoms. The summed E-state index contributed by atoms with van der Waals surface area (Å²) in [5.41, 5.74) is 0. The smallest absolute Gasteiger partial charge is 0.118 e. The Morgan fingerprint density at radius 2 is 1.64 bits per heavy atom. The fraction of sp³-hybridized carbons (Fsp3) is 1.00. The van der Waals surface area contributed by atoms with Crippen LogP contribution in [0.2, 0.25) is 0 Å². The lowest BCUT2D eigenvalue weighted by Gasteiger charge is -2.38. The third-order valence-electron chi connectivity index (χ3n) is 3.71. The van der Waals surface area contributed by atoms with Crippen molar-refractivity contribution in [3.8, 4) is 0 Å². The molecule has 0 radical (unpaired) electrons. The van der Waals surface area contributed by atoms with Crippen molar-refractivity contribution in [3.63, 3.8) is 0 Å². The first-order valence-corrected chi connectivity index (χ1v) is 7.33. The minimum atomic E-state index is -0.514. The lowest BCUT2D eigenvalue weighted by Crippen LogP contribution is -2.47. The molecule has 0 aromatic rings. The summed E-state index contributed by atoms with van der Waals surface area (Å²) >= 11 is -0.514. The summed E-state index contributed by atoms with van der Waals surface area (Å²) in [5, 5.41) is 0. The van der Waals surface area contributed by atoms with Crippen molar-refractivity contribution in [1.82, 2.24) is 4.90 Å². The minimum Gasteiger partial charge on any atom is -0.616 e. The van der Waals surface area contributed by atoms with Crippen LogP contribution in [-0.2, 0) is 11.2 Å². The molecule has 2 aliphatic rings. The Morgan fingerprint density at radius 1 is 1.07 bits per heavy atom. The first-order valence-electron chi connectivity index (χ1n) is 5.85. The van der Waals surface area contributed by atoms with Crippen LogP contribution in [0.4, 0.5) is 0 Å². The van der Waals surface area contributed by atoms with E-state index in [-0.39, 0.29) is 0 Å². The molecule has 82 valence electrons. The van der Waals surface area contributed by atoms with E-state index in [0.29, 0.717) is 0 Å². The van der Waals surface area contributed by atoms with Crippen LogP contribution in [0.1, 0.15) is 32.6 Å². The zero-order valence-corrected chi connectivity index (χ0v) is 9.89. The van der Waals surface area contributed by atoms with Crippen LogP contribution in [-0.4, -0.2) is 40.1 Å². The Morgan fingerprint density at radius 3 is 2.21 bits per heavy atom. The van der Waals surface area contributed by atoms with Crippen LogP contribution < -0.4 is 0 Å². The zero-order chi connectivity index (χ0) is 9.97. The predicted octanol–water partition coefficient (Wildman–Crippen LogP) is 1.63. The maximum absolute atomic E-state index is 11.2. The van der Waals surface area contributed by atoms with E-state index in [0.717, 1.165) is 36.6 Å². The summed E-state index contributed by atoms with van der Waals surface area (Å²) in [6.07, 6.45) is 5.52. The summed E-state index contributed by atoms with van der Waals surface area (Å²) in [4.78, 5) is 2.58. The molecular formula is C11H21NOS. The molecule has 1 aliphatic carbocycles. The van der Waals surface area contributed by atoms with E-state index in [1.54, 1.807) is 0 Å². The molecule has 1 aliphatic heterocycles. The van der Waals surface area contributed by atoms with Gasteiger partial charge in [-0.25, -0.2) is 0 Å². The van der Waals surface area contributed by atoms with Crippen molar-refractivity contribution in [1.29, 1.82) is 0 Å². The number of hydrogen-bond acceptors (Lipinski definition) is 2. The van der Waals surface area contributed by atoms with Gasteiger partial charge >= 0.3 is 0 Å². The van der Waals surface area contributed by atoms with Crippen LogP contribution >= 0.6 is 0 Å². The van der Waals surface area contributed by atoms with Crippen LogP contribution in [0.3, 0.4) is 0 Å². The predicted molar refractivity (Wildman–Crippen MR) is 60.9 cm³/mol. The Balaban J connectivity index is 1.78. The summed E-state index contributed by atoms with van der Waals surface area (Å²) in [6.45, 7) is 4.51. The fourth-order valence-electron chi connectivity index (χ4n) is 2.62. The van der Waals surface area contributed by atoms with Crippen molar-refractivity contribution in [2.45, 2.75) is 38.6 Å². The molecule has 0 bridgehead atoms. The highest BCUT2D eigenvalue weighted by atomic mass is 32.2. The van der Waals surface area contributed by atoms with Gasteiger partial charge in [0, 0.05) is 19.1 Å². The summed E-state index contributed by atoms with van der Waals surface area (Å²) < 4.78 is 11.2. The van der Waals surface area contributed by atoms with Gasteiger partial charge in [-0.2, -0.15) is 0 Å². The largest absolute Gasteiger partial charge is 0.616 e. The Hall–Kier alpha value is 0.270. The molecule has 2 rings (SSSR count). The lowest BCUT2D eigenvalue weighted by atomic mass is 9.86. The van der Waals surface area contributed by atoms with E-state index >= 15 is 0 Å². The van der Waals surface area contributed by atoms with E-state index in [4.69, 9.17) is 0 Å². The Kier molecular flexibility index (Phi) is 3.74. The summed E-state index contributed by atoms with van der Waals surface area (Å²) in [5.74, 6) is 2.75. The fourth-order valence-corrected chi connectivity index (χ4v) is 3.71. The minimum absolute atomic E-state index is 0.514. The standard InChI is InChI=1S/C11H21NOS/c1-10-2-4-11(5-3-10)12-6-8-14(13)9-7-12/h10-11H,2-9H2,1H3/t10-,11+. The van der Waals surface area contributed by atoms with Crippen molar-refractivity contribution in [3.05, 3.63) is 0 Å². The van der Waals surface area contributed by atoms with Gasteiger partial charge in [0.05, 0.1) is 0 Å². The molecule has 0 aromatic heterocycles. The molecule has 1 saturated heterocycles. The van der Waals surface area contributed by atoms with E-state index in [9.17, 15) is 4.55 Å². The maximum atomic E-state index is 11.2.